The number of carbonyl (C=O) groups is 2. The molecule has 1 saturated carbocycles. The Morgan fingerprint density at radius 1 is 1.26 bits per heavy atom. The van der Waals surface area contributed by atoms with Crippen molar-refractivity contribution in [2.75, 3.05) is 13.7 Å². The van der Waals surface area contributed by atoms with E-state index in [4.69, 9.17) is 4.74 Å². The van der Waals surface area contributed by atoms with Crippen LogP contribution in [0.1, 0.15) is 58.0 Å². The number of aliphatic hydroxyl groups is 1. The molecule has 1 fully saturated rings. The van der Waals surface area contributed by atoms with Crippen LogP contribution in [0.15, 0.2) is 24.3 Å². The van der Waals surface area contributed by atoms with Crippen molar-refractivity contribution in [2.24, 2.45) is 0 Å². The Balaban J connectivity index is 1.63. The lowest BCUT2D eigenvalue weighted by molar-refractivity contribution is 0.0896. The number of aliphatic hydroxyl groups excluding tert-OH is 1. The number of ketones is 1. The van der Waals surface area contributed by atoms with E-state index in [-0.39, 0.29) is 30.3 Å². The van der Waals surface area contributed by atoms with Crippen LogP contribution in [-0.4, -0.2) is 51.3 Å². The van der Waals surface area contributed by atoms with Gasteiger partial charge < -0.3 is 19.7 Å². The van der Waals surface area contributed by atoms with E-state index in [2.05, 4.69) is 15.5 Å². The third-order valence-electron chi connectivity index (χ3n) is 4.91. The number of methoxy groups -OCH3 is 1. The first-order chi connectivity index (χ1) is 13.0. The van der Waals surface area contributed by atoms with Crippen LogP contribution in [0.3, 0.4) is 0 Å². The van der Waals surface area contributed by atoms with Gasteiger partial charge in [0.05, 0.1) is 12.2 Å². The van der Waals surface area contributed by atoms with E-state index in [1.807, 2.05) is 4.57 Å². The van der Waals surface area contributed by atoms with Gasteiger partial charge in [-0.2, -0.15) is 0 Å². The maximum Gasteiger partial charge on any atom is 0.252 e. The highest BCUT2D eigenvalue weighted by Crippen LogP contribution is 2.36. The zero-order valence-corrected chi connectivity index (χ0v) is 15.5. The molecule has 0 spiro atoms. The summed E-state index contributed by atoms with van der Waals surface area (Å²) < 4.78 is 7.00. The van der Waals surface area contributed by atoms with Crippen molar-refractivity contribution in [1.82, 2.24) is 20.1 Å². The second-order valence-corrected chi connectivity index (χ2v) is 6.72. The zero-order chi connectivity index (χ0) is 19.4. The van der Waals surface area contributed by atoms with Crippen molar-refractivity contribution in [3.05, 3.63) is 47.0 Å². The molecule has 8 nitrogen and oxygen atoms in total. The fourth-order valence-electron chi connectivity index (χ4n) is 3.39. The van der Waals surface area contributed by atoms with Crippen LogP contribution in [0.25, 0.3) is 0 Å². The Morgan fingerprint density at radius 3 is 2.59 bits per heavy atom. The average Bonchev–Trinajstić information content (AvgIpc) is 3.04. The molecule has 1 heterocycles. The van der Waals surface area contributed by atoms with Crippen molar-refractivity contribution in [3.63, 3.8) is 0 Å². The van der Waals surface area contributed by atoms with E-state index >= 15 is 0 Å². The first-order valence-corrected chi connectivity index (χ1v) is 8.97. The summed E-state index contributed by atoms with van der Waals surface area (Å²) in [6, 6.07) is 6.85. The minimum Gasteiger partial charge on any atom is -0.388 e. The Morgan fingerprint density at radius 2 is 1.96 bits per heavy atom. The van der Waals surface area contributed by atoms with E-state index in [1.54, 1.807) is 31.4 Å². The second kappa shape index (κ2) is 8.41. The highest BCUT2D eigenvalue weighted by Gasteiger charge is 2.35. The lowest BCUT2D eigenvalue weighted by Gasteiger charge is -2.35. The molecule has 0 unspecified atom stereocenters. The lowest BCUT2D eigenvalue weighted by Crippen LogP contribution is -2.44. The average molecular weight is 372 g/mol. The topological polar surface area (TPSA) is 106 Å². The number of hydrogen-bond donors (Lipinski definition) is 2. The number of aromatic nitrogens is 3. The summed E-state index contributed by atoms with van der Waals surface area (Å²) in [5.74, 6) is 1.13. The zero-order valence-electron chi connectivity index (χ0n) is 15.5. The van der Waals surface area contributed by atoms with Crippen LogP contribution in [0.4, 0.5) is 0 Å². The summed E-state index contributed by atoms with van der Waals surface area (Å²) in [5, 5.41) is 20.7. The molecule has 0 saturated heterocycles. The van der Waals surface area contributed by atoms with Gasteiger partial charge in [-0.1, -0.05) is 18.2 Å². The second-order valence-electron chi connectivity index (χ2n) is 6.72. The molecule has 0 aliphatic heterocycles. The standard InChI is InChI=1S/C19H24N4O4/c1-12(25)15-5-3-4-6-16(15)19(26)20-14-9-13(10-14)18-22-21-17(11-24)23(18)7-8-27-2/h3-6,13-14,24H,7-11H2,1-2H3,(H,20,26). The summed E-state index contributed by atoms with van der Waals surface area (Å²) in [5.41, 5.74) is 0.831. The number of nitrogens with zero attached hydrogens (tertiary/aromatic N) is 3. The van der Waals surface area contributed by atoms with Gasteiger partial charge in [0.25, 0.3) is 5.91 Å². The van der Waals surface area contributed by atoms with Crippen LogP contribution < -0.4 is 5.32 Å². The first-order valence-electron chi connectivity index (χ1n) is 8.97. The molecule has 8 heteroatoms. The molecule has 1 aromatic carbocycles. The number of nitrogens with one attached hydrogen (secondary N) is 1. The molecule has 2 aromatic rings. The number of Topliss-reactive ketones (excluding diaryl/α,β-unsaturated/α-hetero) is 1. The van der Waals surface area contributed by atoms with Gasteiger partial charge in [-0.05, 0) is 25.8 Å². The Kier molecular flexibility index (Phi) is 5.98. The van der Waals surface area contributed by atoms with Crippen molar-refractivity contribution in [1.29, 1.82) is 0 Å². The molecule has 27 heavy (non-hydrogen) atoms. The van der Waals surface area contributed by atoms with Crippen molar-refractivity contribution < 1.29 is 19.4 Å². The molecule has 1 amide bonds. The molecule has 2 N–H and O–H groups in total. The highest BCUT2D eigenvalue weighted by molar-refractivity contribution is 6.07. The van der Waals surface area contributed by atoms with Crippen molar-refractivity contribution >= 4 is 11.7 Å². The number of carbonyl (C=O) groups excluding carboxylic acids is 2. The fourth-order valence-corrected chi connectivity index (χ4v) is 3.39. The Labute approximate surface area is 157 Å². The first kappa shape index (κ1) is 19.2. The van der Waals surface area contributed by atoms with Crippen molar-refractivity contribution in [3.8, 4) is 0 Å². The molecule has 1 aliphatic carbocycles. The number of hydrogen-bond acceptors (Lipinski definition) is 6. The summed E-state index contributed by atoms with van der Waals surface area (Å²) >= 11 is 0. The fraction of sp³-hybridized carbons (Fsp3) is 0.474. The minimum absolute atomic E-state index is 0.0210. The molecular weight excluding hydrogens is 348 g/mol. The number of amides is 1. The summed E-state index contributed by atoms with van der Waals surface area (Å²) in [7, 11) is 1.62. The van der Waals surface area contributed by atoms with E-state index in [1.165, 1.54) is 6.92 Å². The minimum atomic E-state index is -0.235. The molecule has 1 aromatic heterocycles. The van der Waals surface area contributed by atoms with Gasteiger partial charge in [-0.3, -0.25) is 9.59 Å². The third kappa shape index (κ3) is 4.06. The van der Waals surface area contributed by atoms with Gasteiger partial charge in [0.1, 0.15) is 12.4 Å². The number of rotatable bonds is 8. The quantitative estimate of drug-likeness (QED) is 0.677. The van der Waals surface area contributed by atoms with Crippen molar-refractivity contribution in [2.45, 2.75) is 44.9 Å². The molecule has 0 bridgehead atoms. The van der Waals surface area contributed by atoms with Gasteiger partial charge in [-0.25, -0.2) is 0 Å². The number of ether oxygens (including phenoxy) is 1. The molecule has 1 aliphatic rings. The van der Waals surface area contributed by atoms with E-state index in [0.717, 1.165) is 18.7 Å². The monoisotopic (exact) mass is 372 g/mol. The van der Waals surface area contributed by atoms with Crippen LogP contribution in [0, 0.1) is 0 Å². The van der Waals surface area contributed by atoms with Crippen LogP contribution in [0.5, 0.6) is 0 Å². The third-order valence-corrected chi connectivity index (χ3v) is 4.91. The molecule has 144 valence electrons. The summed E-state index contributed by atoms with van der Waals surface area (Å²) in [4.78, 5) is 24.2. The van der Waals surface area contributed by atoms with E-state index < -0.39 is 0 Å². The van der Waals surface area contributed by atoms with E-state index in [9.17, 15) is 14.7 Å². The van der Waals surface area contributed by atoms with Gasteiger partial charge in [0.2, 0.25) is 0 Å². The van der Waals surface area contributed by atoms with Gasteiger partial charge >= 0.3 is 0 Å². The maximum absolute atomic E-state index is 12.5. The van der Waals surface area contributed by atoms with Crippen LogP contribution >= 0.6 is 0 Å². The summed E-state index contributed by atoms with van der Waals surface area (Å²) in [6.45, 7) is 2.36. The molecule has 0 atom stereocenters. The largest absolute Gasteiger partial charge is 0.388 e. The summed E-state index contributed by atoms with van der Waals surface area (Å²) in [6.07, 6.45) is 1.48. The van der Waals surface area contributed by atoms with E-state index in [0.29, 0.717) is 30.1 Å². The molecule has 3 rings (SSSR count). The Hall–Kier alpha value is -2.58. The predicted molar refractivity (Wildman–Crippen MR) is 97.5 cm³/mol. The molecular formula is C19H24N4O4. The van der Waals surface area contributed by atoms with Gasteiger partial charge in [-0.15, -0.1) is 10.2 Å². The van der Waals surface area contributed by atoms with Gasteiger partial charge in [0.15, 0.2) is 11.6 Å². The van der Waals surface area contributed by atoms with Crippen LogP contribution in [-0.2, 0) is 17.9 Å². The maximum atomic E-state index is 12.5. The Bertz CT molecular complexity index is 827. The highest BCUT2D eigenvalue weighted by atomic mass is 16.5. The predicted octanol–water partition coefficient (Wildman–Crippen LogP) is 1.30. The SMILES string of the molecule is COCCn1c(CO)nnc1C1CC(NC(=O)c2ccccc2C(C)=O)C1. The smallest absolute Gasteiger partial charge is 0.252 e. The number of benzene rings is 1. The normalized spacial score (nSPS) is 18.8. The molecule has 0 radical (unpaired) electrons. The van der Waals surface area contributed by atoms with Gasteiger partial charge in [0, 0.05) is 31.2 Å². The lowest BCUT2D eigenvalue weighted by atomic mass is 9.79. The van der Waals surface area contributed by atoms with Crippen LogP contribution in [0.2, 0.25) is 0 Å².